The smallest absolute Gasteiger partial charge is 0.264 e. The number of rotatable bonds is 9. The molecule has 0 fully saturated rings. The molecule has 30 heavy (non-hydrogen) atoms. The van der Waals surface area contributed by atoms with Crippen molar-refractivity contribution < 1.29 is 19.1 Å². The van der Waals surface area contributed by atoms with Crippen molar-refractivity contribution in [3.8, 4) is 22.8 Å². The predicted molar refractivity (Wildman–Crippen MR) is 118 cm³/mol. The summed E-state index contributed by atoms with van der Waals surface area (Å²) in [5.74, 6) is 1.21. The highest BCUT2D eigenvalue weighted by atomic mass is 32.1. The maximum Gasteiger partial charge on any atom is 0.264 e. The number of methoxy groups -OCH3 is 1. The molecule has 0 spiro atoms. The average Bonchev–Trinajstić information content (AvgIpc) is 3.19. The van der Waals surface area contributed by atoms with Gasteiger partial charge in [0.05, 0.1) is 12.8 Å². The van der Waals surface area contributed by atoms with Crippen LogP contribution in [0.2, 0.25) is 0 Å². The summed E-state index contributed by atoms with van der Waals surface area (Å²) in [6, 6.07) is 13.3. The molecule has 0 saturated carbocycles. The minimum atomic E-state index is -0.284. The van der Waals surface area contributed by atoms with Crippen molar-refractivity contribution in [1.29, 1.82) is 0 Å². The van der Waals surface area contributed by atoms with Crippen molar-refractivity contribution in [2.75, 3.05) is 19.0 Å². The largest absolute Gasteiger partial charge is 0.496 e. The summed E-state index contributed by atoms with van der Waals surface area (Å²) < 4.78 is 11.0. The number of nitrogens with one attached hydrogen (secondary N) is 1. The molecule has 7 heteroatoms. The first-order valence-corrected chi connectivity index (χ1v) is 10.4. The Hall–Kier alpha value is -3.19. The number of thiazole rings is 1. The van der Waals surface area contributed by atoms with Gasteiger partial charge in [-0.15, -0.1) is 11.3 Å². The molecule has 0 aliphatic heterocycles. The van der Waals surface area contributed by atoms with Gasteiger partial charge in [-0.1, -0.05) is 23.8 Å². The van der Waals surface area contributed by atoms with Crippen LogP contribution in [-0.4, -0.2) is 30.4 Å². The summed E-state index contributed by atoms with van der Waals surface area (Å²) >= 11 is 1.35. The molecule has 0 unspecified atom stereocenters. The van der Waals surface area contributed by atoms with Crippen molar-refractivity contribution in [2.45, 2.75) is 26.7 Å². The average molecular weight is 425 g/mol. The van der Waals surface area contributed by atoms with E-state index in [0.717, 1.165) is 28.1 Å². The van der Waals surface area contributed by atoms with Crippen LogP contribution in [0, 0.1) is 6.92 Å². The fourth-order valence-corrected chi connectivity index (χ4v) is 3.58. The number of hydrogen-bond acceptors (Lipinski definition) is 6. The van der Waals surface area contributed by atoms with Gasteiger partial charge in [0, 0.05) is 17.4 Å². The van der Waals surface area contributed by atoms with Gasteiger partial charge in [-0.2, -0.15) is 0 Å². The fraction of sp³-hybridized carbons (Fsp3) is 0.261. The highest BCUT2D eigenvalue weighted by Gasteiger charge is 2.12. The second-order valence-electron chi connectivity index (χ2n) is 6.92. The third kappa shape index (κ3) is 5.90. The molecule has 0 saturated heterocycles. The van der Waals surface area contributed by atoms with Crippen LogP contribution in [0.5, 0.6) is 11.5 Å². The summed E-state index contributed by atoms with van der Waals surface area (Å²) in [4.78, 5) is 27.8. The van der Waals surface area contributed by atoms with E-state index in [1.807, 2.05) is 42.6 Å². The molecule has 2 aromatic carbocycles. The van der Waals surface area contributed by atoms with Gasteiger partial charge in [-0.25, -0.2) is 4.98 Å². The third-order valence-corrected chi connectivity index (χ3v) is 5.20. The lowest BCUT2D eigenvalue weighted by atomic mass is 10.1. The first-order valence-electron chi connectivity index (χ1n) is 9.56. The summed E-state index contributed by atoms with van der Waals surface area (Å²) in [7, 11) is 1.62. The molecule has 3 rings (SSSR count). The number of aromatic nitrogens is 1. The highest BCUT2D eigenvalue weighted by Crippen LogP contribution is 2.32. The zero-order chi connectivity index (χ0) is 21.5. The molecule has 156 valence electrons. The Bertz CT molecular complexity index is 1030. The number of carbonyl (C=O) groups is 2. The number of ether oxygens (including phenoxy) is 2. The maximum atomic E-state index is 12.2. The lowest BCUT2D eigenvalue weighted by Crippen LogP contribution is -2.20. The van der Waals surface area contributed by atoms with Crippen molar-refractivity contribution >= 4 is 28.2 Å². The Balaban J connectivity index is 1.55. The SMILES string of the molecule is COc1ccc(C)cc1-c1csc(NC(=O)COc2ccc(CCC(C)=O)cc2)n1. The number of nitrogens with zero attached hydrogens (tertiary/aromatic N) is 1. The van der Waals surface area contributed by atoms with E-state index < -0.39 is 0 Å². The van der Waals surface area contributed by atoms with Gasteiger partial charge < -0.3 is 14.3 Å². The van der Waals surface area contributed by atoms with Crippen molar-refractivity contribution in [1.82, 2.24) is 4.98 Å². The molecule has 0 aliphatic rings. The van der Waals surface area contributed by atoms with Crippen LogP contribution in [0.3, 0.4) is 0 Å². The third-order valence-electron chi connectivity index (χ3n) is 4.44. The normalized spacial score (nSPS) is 10.5. The second-order valence-corrected chi connectivity index (χ2v) is 7.78. The molecule has 1 N–H and O–H groups in total. The standard InChI is InChI=1S/C23H24N2O4S/c1-15-4-11-21(28-3)19(12-15)20-14-30-23(24-20)25-22(27)13-29-18-9-7-17(8-10-18)6-5-16(2)26/h4,7-12,14H,5-6,13H2,1-3H3,(H,24,25,27). The Kier molecular flexibility index (Phi) is 7.19. The Morgan fingerprint density at radius 2 is 1.90 bits per heavy atom. The van der Waals surface area contributed by atoms with Crippen LogP contribution in [-0.2, 0) is 16.0 Å². The fourth-order valence-electron chi connectivity index (χ4n) is 2.85. The van der Waals surface area contributed by atoms with Crippen LogP contribution in [0.1, 0.15) is 24.5 Å². The number of hydrogen-bond donors (Lipinski definition) is 1. The number of Topliss-reactive ketones (excluding diaryl/α,β-unsaturated/α-hetero) is 1. The molecule has 3 aromatic rings. The number of ketones is 1. The van der Waals surface area contributed by atoms with Crippen molar-refractivity contribution in [3.05, 3.63) is 59.0 Å². The van der Waals surface area contributed by atoms with E-state index in [9.17, 15) is 9.59 Å². The minimum absolute atomic E-state index is 0.116. The monoisotopic (exact) mass is 424 g/mol. The Labute approximate surface area is 179 Å². The van der Waals surface area contributed by atoms with E-state index in [0.29, 0.717) is 23.7 Å². The van der Waals surface area contributed by atoms with E-state index in [-0.39, 0.29) is 18.3 Å². The van der Waals surface area contributed by atoms with Crippen LogP contribution < -0.4 is 14.8 Å². The van der Waals surface area contributed by atoms with Gasteiger partial charge >= 0.3 is 0 Å². The van der Waals surface area contributed by atoms with Gasteiger partial charge in [0.15, 0.2) is 11.7 Å². The first-order chi connectivity index (χ1) is 14.4. The summed E-state index contributed by atoms with van der Waals surface area (Å²) in [5.41, 5.74) is 3.79. The maximum absolute atomic E-state index is 12.2. The lowest BCUT2D eigenvalue weighted by Gasteiger charge is -2.08. The van der Waals surface area contributed by atoms with Crippen molar-refractivity contribution in [2.24, 2.45) is 0 Å². The number of aryl methyl sites for hydroxylation is 2. The first kappa shape index (κ1) is 21.5. The molecule has 1 heterocycles. The molecule has 0 atom stereocenters. The minimum Gasteiger partial charge on any atom is -0.496 e. The van der Waals surface area contributed by atoms with E-state index in [2.05, 4.69) is 10.3 Å². The molecule has 0 bridgehead atoms. The molecular formula is C23H24N2O4S. The van der Waals surface area contributed by atoms with Crippen LogP contribution in [0.15, 0.2) is 47.8 Å². The number of amides is 1. The highest BCUT2D eigenvalue weighted by molar-refractivity contribution is 7.14. The summed E-state index contributed by atoms with van der Waals surface area (Å²) in [6.07, 6.45) is 1.22. The van der Waals surface area contributed by atoms with E-state index in [1.165, 1.54) is 11.3 Å². The van der Waals surface area contributed by atoms with Gasteiger partial charge in [-0.05, 0) is 50.1 Å². The van der Waals surface area contributed by atoms with Gasteiger partial charge in [0.1, 0.15) is 17.3 Å². The van der Waals surface area contributed by atoms with Crippen molar-refractivity contribution in [3.63, 3.8) is 0 Å². The zero-order valence-electron chi connectivity index (χ0n) is 17.2. The summed E-state index contributed by atoms with van der Waals surface area (Å²) in [6.45, 7) is 3.47. The Morgan fingerprint density at radius 3 is 2.60 bits per heavy atom. The predicted octanol–water partition coefficient (Wildman–Crippen LogP) is 4.67. The van der Waals surface area contributed by atoms with E-state index in [4.69, 9.17) is 9.47 Å². The van der Waals surface area contributed by atoms with E-state index in [1.54, 1.807) is 26.2 Å². The molecule has 1 aromatic heterocycles. The molecule has 1 amide bonds. The van der Waals surface area contributed by atoms with Crippen LogP contribution in [0.4, 0.5) is 5.13 Å². The van der Waals surface area contributed by atoms with Crippen LogP contribution >= 0.6 is 11.3 Å². The summed E-state index contributed by atoms with van der Waals surface area (Å²) in [5, 5.41) is 5.15. The molecule has 0 aliphatic carbocycles. The zero-order valence-corrected chi connectivity index (χ0v) is 18.0. The number of carbonyl (C=O) groups excluding carboxylic acids is 2. The topological polar surface area (TPSA) is 77.5 Å². The van der Waals surface area contributed by atoms with Gasteiger partial charge in [0.25, 0.3) is 5.91 Å². The quantitative estimate of drug-likeness (QED) is 0.540. The Morgan fingerprint density at radius 1 is 1.13 bits per heavy atom. The molecule has 6 nitrogen and oxygen atoms in total. The second kappa shape index (κ2) is 10.0. The van der Waals surface area contributed by atoms with Gasteiger partial charge in [-0.3, -0.25) is 10.1 Å². The van der Waals surface area contributed by atoms with Gasteiger partial charge in [0.2, 0.25) is 0 Å². The number of benzene rings is 2. The van der Waals surface area contributed by atoms with E-state index >= 15 is 0 Å². The molecular weight excluding hydrogens is 400 g/mol. The lowest BCUT2D eigenvalue weighted by molar-refractivity contribution is -0.118. The molecule has 0 radical (unpaired) electrons. The van der Waals surface area contributed by atoms with Crippen LogP contribution in [0.25, 0.3) is 11.3 Å². The number of anilines is 1.